The second-order valence-electron chi connectivity index (χ2n) is 4.76. The maximum absolute atomic E-state index is 11.6. The first-order valence-electron chi connectivity index (χ1n) is 5.88. The minimum absolute atomic E-state index is 0.236. The molecule has 0 N–H and O–H groups in total. The summed E-state index contributed by atoms with van der Waals surface area (Å²) >= 11 is 0. The van der Waals surface area contributed by atoms with E-state index in [4.69, 9.17) is 14.2 Å². The lowest BCUT2D eigenvalue weighted by atomic mass is 9.78. The molecule has 2 fully saturated rings. The lowest BCUT2D eigenvalue weighted by Gasteiger charge is -2.45. The molecule has 1 atom stereocenters. The summed E-state index contributed by atoms with van der Waals surface area (Å²) in [6.45, 7) is 2.96. The van der Waals surface area contributed by atoms with Gasteiger partial charge >= 0.3 is 5.97 Å². The smallest absolute Gasteiger partial charge is 0.334 e. The number of esters is 1. The molecule has 16 heavy (non-hydrogen) atoms. The standard InChI is InChI=1S/C12H16O4/c1-9-8-11(16-10(9)13)4-2-3-5-12(11)14-6-7-15-12/h8H,2-7H2,1H3. The third-order valence-electron chi connectivity index (χ3n) is 3.75. The molecule has 1 unspecified atom stereocenters. The molecule has 3 rings (SSSR count). The SMILES string of the molecule is CC1=CC2(CCCCC23OCCO3)OC1=O. The van der Waals surface area contributed by atoms with Gasteiger partial charge in [0.15, 0.2) is 5.60 Å². The lowest BCUT2D eigenvalue weighted by Crippen LogP contribution is -2.56. The number of ether oxygens (including phenoxy) is 3. The first-order valence-corrected chi connectivity index (χ1v) is 5.88. The Morgan fingerprint density at radius 3 is 2.50 bits per heavy atom. The molecule has 1 saturated carbocycles. The van der Waals surface area contributed by atoms with E-state index in [1.807, 2.05) is 6.08 Å². The molecular formula is C12H16O4. The normalized spacial score (nSPS) is 36.8. The zero-order chi connectivity index (χ0) is 11.2. The number of hydrogen-bond donors (Lipinski definition) is 0. The van der Waals surface area contributed by atoms with Crippen molar-refractivity contribution in [3.05, 3.63) is 11.6 Å². The molecule has 2 aliphatic heterocycles. The zero-order valence-corrected chi connectivity index (χ0v) is 9.45. The van der Waals surface area contributed by atoms with Crippen LogP contribution >= 0.6 is 0 Å². The van der Waals surface area contributed by atoms with Gasteiger partial charge in [0.25, 0.3) is 0 Å². The average Bonchev–Trinajstić information content (AvgIpc) is 2.81. The van der Waals surface area contributed by atoms with Crippen molar-refractivity contribution in [2.75, 3.05) is 13.2 Å². The molecular weight excluding hydrogens is 208 g/mol. The number of carbonyl (C=O) groups excluding carboxylic acids is 1. The van der Waals surface area contributed by atoms with Crippen LogP contribution in [0.3, 0.4) is 0 Å². The molecule has 0 aromatic heterocycles. The van der Waals surface area contributed by atoms with E-state index in [1.54, 1.807) is 6.92 Å². The van der Waals surface area contributed by atoms with Gasteiger partial charge in [-0.1, -0.05) is 0 Å². The Hall–Kier alpha value is -0.870. The highest BCUT2D eigenvalue weighted by Crippen LogP contribution is 2.49. The highest BCUT2D eigenvalue weighted by Gasteiger charge is 2.61. The molecule has 0 radical (unpaired) electrons. The molecule has 1 saturated heterocycles. The van der Waals surface area contributed by atoms with Crippen molar-refractivity contribution in [2.45, 2.75) is 44.0 Å². The molecule has 0 aromatic carbocycles. The number of rotatable bonds is 0. The van der Waals surface area contributed by atoms with E-state index >= 15 is 0 Å². The fourth-order valence-electron chi connectivity index (χ4n) is 2.99. The van der Waals surface area contributed by atoms with Crippen molar-refractivity contribution in [1.29, 1.82) is 0 Å². The molecule has 2 spiro atoms. The molecule has 88 valence electrons. The maximum atomic E-state index is 11.6. The van der Waals surface area contributed by atoms with E-state index in [0.717, 1.165) is 25.7 Å². The number of carbonyl (C=O) groups is 1. The van der Waals surface area contributed by atoms with Crippen molar-refractivity contribution in [3.8, 4) is 0 Å². The van der Waals surface area contributed by atoms with Crippen LogP contribution in [0, 0.1) is 0 Å². The number of fused-ring (bicyclic) bond motifs is 1. The summed E-state index contributed by atoms with van der Waals surface area (Å²) in [5.74, 6) is -0.945. The van der Waals surface area contributed by atoms with E-state index in [9.17, 15) is 4.79 Å². The Kier molecular flexibility index (Phi) is 2.13. The Morgan fingerprint density at radius 1 is 1.19 bits per heavy atom. The van der Waals surface area contributed by atoms with Gasteiger partial charge in [-0.15, -0.1) is 0 Å². The van der Waals surface area contributed by atoms with Crippen molar-refractivity contribution in [3.63, 3.8) is 0 Å². The van der Waals surface area contributed by atoms with Crippen LogP contribution in [0.25, 0.3) is 0 Å². The summed E-state index contributed by atoms with van der Waals surface area (Å²) in [5, 5.41) is 0. The van der Waals surface area contributed by atoms with Gasteiger partial charge in [0.05, 0.1) is 13.2 Å². The third kappa shape index (κ3) is 1.20. The van der Waals surface area contributed by atoms with Gasteiger partial charge < -0.3 is 14.2 Å². The Balaban J connectivity index is 2.00. The maximum Gasteiger partial charge on any atom is 0.334 e. The van der Waals surface area contributed by atoms with Gasteiger partial charge in [-0.25, -0.2) is 4.79 Å². The van der Waals surface area contributed by atoms with Crippen LogP contribution in [0.15, 0.2) is 11.6 Å². The summed E-state index contributed by atoms with van der Waals surface area (Å²) in [5.41, 5.74) is 0.00324. The van der Waals surface area contributed by atoms with Gasteiger partial charge in [-0.3, -0.25) is 0 Å². The monoisotopic (exact) mass is 224 g/mol. The highest BCUT2D eigenvalue weighted by atomic mass is 16.8. The van der Waals surface area contributed by atoms with Crippen LogP contribution in [-0.4, -0.2) is 30.6 Å². The summed E-state index contributed by atoms with van der Waals surface area (Å²) < 4.78 is 17.1. The van der Waals surface area contributed by atoms with Gasteiger partial charge in [0.2, 0.25) is 5.79 Å². The van der Waals surface area contributed by atoms with Gasteiger partial charge in [-0.2, -0.15) is 0 Å². The van der Waals surface area contributed by atoms with E-state index in [2.05, 4.69) is 0 Å². The van der Waals surface area contributed by atoms with Crippen molar-refractivity contribution in [1.82, 2.24) is 0 Å². The van der Waals surface area contributed by atoms with E-state index in [0.29, 0.717) is 18.8 Å². The predicted octanol–water partition coefficient (Wildman–Crippen LogP) is 1.55. The molecule has 4 heteroatoms. The largest absolute Gasteiger partial charge is 0.446 e. The van der Waals surface area contributed by atoms with Crippen LogP contribution < -0.4 is 0 Å². The van der Waals surface area contributed by atoms with Crippen molar-refractivity contribution >= 4 is 5.97 Å². The van der Waals surface area contributed by atoms with Gasteiger partial charge in [0, 0.05) is 12.0 Å². The third-order valence-corrected chi connectivity index (χ3v) is 3.75. The summed E-state index contributed by atoms with van der Waals surface area (Å²) in [6, 6.07) is 0. The molecule has 3 aliphatic rings. The lowest BCUT2D eigenvalue weighted by molar-refractivity contribution is -0.270. The molecule has 0 amide bonds. The second kappa shape index (κ2) is 3.31. The Morgan fingerprint density at radius 2 is 1.88 bits per heavy atom. The highest BCUT2D eigenvalue weighted by molar-refractivity contribution is 5.91. The molecule has 0 bridgehead atoms. The van der Waals surface area contributed by atoms with Crippen molar-refractivity contribution < 1.29 is 19.0 Å². The van der Waals surface area contributed by atoms with E-state index < -0.39 is 11.4 Å². The van der Waals surface area contributed by atoms with E-state index in [-0.39, 0.29) is 5.97 Å². The first-order chi connectivity index (χ1) is 7.68. The summed E-state index contributed by atoms with van der Waals surface area (Å²) in [7, 11) is 0. The van der Waals surface area contributed by atoms with Crippen LogP contribution in [0.4, 0.5) is 0 Å². The average molecular weight is 224 g/mol. The van der Waals surface area contributed by atoms with Gasteiger partial charge in [0.1, 0.15) is 0 Å². The minimum atomic E-state index is -0.710. The second-order valence-corrected chi connectivity index (χ2v) is 4.76. The molecule has 4 nitrogen and oxygen atoms in total. The fraction of sp³-hybridized carbons (Fsp3) is 0.750. The fourth-order valence-corrected chi connectivity index (χ4v) is 2.99. The van der Waals surface area contributed by atoms with Crippen LogP contribution in [0.1, 0.15) is 32.6 Å². The summed E-state index contributed by atoms with van der Waals surface area (Å²) in [4.78, 5) is 11.6. The van der Waals surface area contributed by atoms with Crippen LogP contribution in [-0.2, 0) is 19.0 Å². The zero-order valence-electron chi connectivity index (χ0n) is 9.45. The Labute approximate surface area is 94.5 Å². The van der Waals surface area contributed by atoms with Gasteiger partial charge in [-0.05, 0) is 32.3 Å². The topological polar surface area (TPSA) is 44.8 Å². The van der Waals surface area contributed by atoms with Crippen LogP contribution in [0.5, 0.6) is 0 Å². The predicted molar refractivity (Wildman–Crippen MR) is 55.7 cm³/mol. The Bertz CT molecular complexity index is 354. The summed E-state index contributed by atoms with van der Waals surface area (Å²) in [6.07, 6.45) is 5.62. The molecule has 2 heterocycles. The quantitative estimate of drug-likeness (QED) is 0.585. The molecule has 1 aliphatic carbocycles. The van der Waals surface area contributed by atoms with Crippen LogP contribution in [0.2, 0.25) is 0 Å². The number of hydrogen-bond acceptors (Lipinski definition) is 4. The minimum Gasteiger partial charge on any atom is -0.446 e. The first kappa shape index (κ1) is 10.3. The molecule has 0 aromatic rings. The van der Waals surface area contributed by atoms with E-state index in [1.165, 1.54) is 0 Å². The van der Waals surface area contributed by atoms with Crippen molar-refractivity contribution in [2.24, 2.45) is 0 Å².